The van der Waals surface area contributed by atoms with Gasteiger partial charge in [0.1, 0.15) is 11.5 Å². The van der Waals surface area contributed by atoms with Crippen molar-refractivity contribution in [1.29, 1.82) is 0 Å². The van der Waals surface area contributed by atoms with E-state index in [2.05, 4.69) is 21.7 Å². The normalized spacial score (nSPS) is 10.5. The summed E-state index contributed by atoms with van der Waals surface area (Å²) < 4.78 is 12.9. The van der Waals surface area contributed by atoms with E-state index in [4.69, 9.17) is 9.47 Å². The van der Waals surface area contributed by atoms with Crippen LogP contribution in [-0.2, 0) is 6.54 Å². The molecule has 0 unspecified atom stereocenters. The molecule has 0 aliphatic heterocycles. The first kappa shape index (κ1) is 14.2. The van der Waals surface area contributed by atoms with Crippen molar-refractivity contribution in [3.05, 3.63) is 66.6 Å². The Bertz CT molecular complexity index is 751. The van der Waals surface area contributed by atoms with Crippen LogP contribution in [0.3, 0.4) is 0 Å². The molecule has 1 aromatic heterocycles. The van der Waals surface area contributed by atoms with E-state index < -0.39 is 0 Å². The highest BCUT2D eigenvalue weighted by atomic mass is 16.5. The first-order chi connectivity index (χ1) is 10.8. The van der Waals surface area contributed by atoms with E-state index in [1.165, 1.54) is 5.56 Å². The number of aromatic nitrogens is 2. The van der Waals surface area contributed by atoms with Crippen LogP contribution >= 0.6 is 0 Å². The summed E-state index contributed by atoms with van der Waals surface area (Å²) in [4.78, 5) is 4.29. The molecule has 0 bridgehead atoms. The van der Waals surface area contributed by atoms with Gasteiger partial charge in [0.05, 0.1) is 32.4 Å². The minimum atomic E-state index is 0.769. The van der Waals surface area contributed by atoms with Crippen LogP contribution in [0.25, 0.3) is 11.3 Å². The fourth-order valence-electron chi connectivity index (χ4n) is 2.46. The van der Waals surface area contributed by atoms with Gasteiger partial charge in [0.25, 0.3) is 0 Å². The maximum absolute atomic E-state index is 5.50. The van der Waals surface area contributed by atoms with Crippen LogP contribution < -0.4 is 9.47 Å². The Labute approximate surface area is 130 Å². The van der Waals surface area contributed by atoms with Crippen LogP contribution in [-0.4, -0.2) is 23.8 Å². The van der Waals surface area contributed by atoms with Crippen molar-refractivity contribution in [2.45, 2.75) is 6.54 Å². The number of hydrogen-bond donors (Lipinski definition) is 0. The molecule has 0 N–H and O–H groups in total. The largest absolute Gasteiger partial charge is 0.497 e. The van der Waals surface area contributed by atoms with Gasteiger partial charge in [-0.2, -0.15) is 0 Å². The Morgan fingerprint density at radius 2 is 1.82 bits per heavy atom. The molecule has 3 aromatic rings. The van der Waals surface area contributed by atoms with Crippen molar-refractivity contribution in [2.75, 3.05) is 14.2 Å². The predicted octanol–water partition coefficient (Wildman–Crippen LogP) is 3.62. The van der Waals surface area contributed by atoms with Gasteiger partial charge in [-0.25, -0.2) is 4.98 Å². The second kappa shape index (κ2) is 6.35. The SMILES string of the molecule is COc1ccc(-c2cncn2Cc2ccccc2)c(OC)c1. The van der Waals surface area contributed by atoms with Gasteiger partial charge in [-0.15, -0.1) is 0 Å². The molecule has 0 saturated heterocycles. The molecule has 0 saturated carbocycles. The third-order valence-electron chi connectivity index (χ3n) is 3.59. The van der Waals surface area contributed by atoms with E-state index >= 15 is 0 Å². The molecule has 0 radical (unpaired) electrons. The fraction of sp³-hybridized carbons (Fsp3) is 0.167. The lowest BCUT2D eigenvalue weighted by atomic mass is 10.1. The molecule has 3 rings (SSSR count). The molecule has 22 heavy (non-hydrogen) atoms. The molecule has 0 aliphatic rings. The minimum Gasteiger partial charge on any atom is -0.497 e. The summed E-state index contributed by atoms with van der Waals surface area (Å²) in [5.41, 5.74) is 3.24. The standard InChI is InChI=1S/C18H18N2O2/c1-21-15-8-9-16(18(10-15)22-2)17-11-19-13-20(17)12-14-6-4-3-5-7-14/h3-11,13H,12H2,1-2H3. The van der Waals surface area contributed by atoms with E-state index in [9.17, 15) is 0 Å². The van der Waals surface area contributed by atoms with Gasteiger partial charge in [-0.05, 0) is 17.7 Å². The zero-order chi connectivity index (χ0) is 15.4. The van der Waals surface area contributed by atoms with Crippen molar-refractivity contribution in [3.63, 3.8) is 0 Å². The van der Waals surface area contributed by atoms with Gasteiger partial charge in [0.2, 0.25) is 0 Å². The molecule has 0 spiro atoms. The topological polar surface area (TPSA) is 36.3 Å². The van der Waals surface area contributed by atoms with Gasteiger partial charge in [-0.1, -0.05) is 30.3 Å². The number of imidazole rings is 1. The molecule has 0 fully saturated rings. The van der Waals surface area contributed by atoms with Crippen molar-refractivity contribution in [3.8, 4) is 22.8 Å². The third kappa shape index (κ3) is 2.81. The summed E-state index contributed by atoms with van der Waals surface area (Å²) in [5, 5.41) is 0. The zero-order valence-corrected chi connectivity index (χ0v) is 12.7. The summed E-state index contributed by atoms with van der Waals surface area (Å²) in [6.07, 6.45) is 3.69. The second-order valence-corrected chi connectivity index (χ2v) is 4.96. The third-order valence-corrected chi connectivity index (χ3v) is 3.59. The lowest BCUT2D eigenvalue weighted by molar-refractivity contribution is 0.395. The molecule has 1 heterocycles. The maximum atomic E-state index is 5.50. The molecule has 0 amide bonds. The van der Waals surface area contributed by atoms with Crippen molar-refractivity contribution < 1.29 is 9.47 Å². The lowest BCUT2D eigenvalue weighted by Crippen LogP contribution is -2.01. The first-order valence-electron chi connectivity index (χ1n) is 7.08. The van der Waals surface area contributed by atoms with Gasteiger partial charge in [0, 0.05) is 18.2 Å². The lowest BCUT2D eigenvalue weighted by Gasteiger charge is -2.13. The van der Waals surface area contributed by atoms with E-state index in [1.54, 1.807) is 14.2 Å². The quantitative estimate of drug-likeness (QED) is 0.721. The van der Waals surface area contributed by atoms with E-state index in [-0.39, 0.29) is 0 Å². The Balaban J connectivity index is 1.98. The van der Waals surface area contributed by atoms with Crippen LogP contribution in [0.15, 0.2) is 61.1 Å². The summed E-state index contributed by atoms with van der Waals surface area (Å²) in [6, 6.07) is 16.1. The average molecular weight is 294 g/mol. The fourth-order valence-corrected chi connectivity index (χ4v) is 2.46. The van der Waals surface area contributed by atoms with Crippen LogP contribution in [0, 0.1) is 0 Å². The van der Waals surface area contributed by atoms with Crippen molar-refractivity contribution in [1.82, 2.24) is 9.55 Å². The van der Waals surface area contributed by atoms with E-state index in [0.29, 0.717) is 0 Å². The van der Waals surface area contributed by atoms with Crippen LogP contribution in [0.1, 0.15) is 5.56 Å². The molecule has 2 aromatic carbocycles. The van der Waals surface area contributed by atoms with Gasteiger partial charge < -0.3 is 14.0 Å². The number of benzene rings is 2. The maximum Gasteiger partial charge on any atom is 0.131 e. The van der Waals surface area contributed by atoms with Crippen LogP contribution in [0.4, 0.5) is 0 Å². The molecule has 0 aliphatic carbocycles. The van der Waals surface area contributed by atoms with Crippen LogP contribution in [0.2, 0.25) is 0 Å². The van der Waals surface area contributed by atoms with Crippen molar-refractivity contribution in [2.24, 2.45) is 0 Å². The molecular formula is C18H18N2O2. The number of ether oxygens (including phenoxy) is 2. The number of nitrogens with zero attached hydrogens (tertiary/aromatic N) is 2. The summed E-state index contributed by atoms with van der Waals surface area (Å²) in [6.45, 7) is 0.769. The van der Waals surface area contributed by atoms with Gasteiger partial charge in [-0.3, -0.25) is 0 Å². The number of rotatable bonds is 5. The summed E-state index contributed by atoms with van der Waals surface area (Å²) in [7, 11) is 3.31. The molecule has 4 heteroatoms. The van der Waals surface area contributed by atoms with Gasteiger partial charge >= 0.3 is 0 Å². The minimum absolute atomic E-state index is 0.769. The first-order valence-corrected chi connectivity index (χ1v) is 7.08. The Morgan fingerprint density at radius 3 is 2.55 bits per heavy atom. The second-order valence-electron chi connectivity index (χ2n) is 4.96. The number of methoxy groups -OCH3 is 2. The van der Waals surface area contributed by atoms with Crippen molar-refractivity contribution >= 4 is 0 Å². The Kier molecular flexibility index (Phi) is 4.10. The highest BCUT2D eigenvalue weighted by molar-refractivity contribution is 5.68. The zero-order valence-electron chi connectivity index (χ0n) is 12.7. The smallest absolute Gasteiger partial charge is 0.131 e. The molecular weight excluding hydrogens is 276 g/mol. The highest BCUT2D eigenvalue weighted by Crippen LogP contribution is 2.33. The molecule has 0 atom stereocenters. The summed E-state index contributed by atoms with van der Waals surface area (Å²) >= 11 is 0. The number of hydrogen-bond acceptors (Lipinski definition) is 3. The Hall–Kier alpha value is -2.75. The molecule has 112 valence electrons. The molecule has 4 nitrogen and oxygen atoms in total. The highest BCUT2D eigenvalue weighted by Gasteiger charge is 2.12. The predicted molar refractivity (Wildman–Crippen MR) is 86.3 cm³/mol. The van der Waals surface area contributed by atoms with E-state index in [0.717, 1.165) is 29.3 Å². The average Bonchev–Trinajstić information content (AvgIpc) is 3.03. The van der Waals surface area contributed by atoms with Crippen LogP contribution in [0.5, 0.6) is 11.5 Å². The summed E-state index contributed by atoms with van der Waals surface area (Å²) in [5.74, 6) is 1.55. The van der Waals surface area contributed by atoms with E-state index in [1.807, 2.05) is 48.9 Å². The van der Waals surface area contributed by atoms with Gasteiger partial charge in [0.15, 0.2) is 0 Å². The Morgan fingerprint density at radius 1 is 1.00 bits per heavy atom. The monoisotopic (exact) mass is 294 g/mol.